The normalized spacial score (nSPS) is 23.9. The van der Waals surface area contributed by atoms with Crippen molar-refractivity contribution in [3.63, 3.8) is 0 Å². The van der Waals surface area contributed by atoms with Gasteiger partial charge in [-0.15, -0.1) is 0 Å². The average Bonchev–Trinajstić information content (AvgIpc) is 2.60. The first-order valence-electron chi connectivity index (χ1n) is 8.60. The van der Waals surface area contributed by atoms with Crippen LogP contribution in [0.15, 0.2) is 41.5 Å². The molecule has 1 saturated heterocycles. The predicted molar refractivity (Wildman–Crippen MR) is 98.6 cm³/mol. The van der Waals surface area contributed by atoms with Crippen LogP contribution in [0.25, 0.3) is 0 Å². The maximum absolute atomic E-state index is 12.3. The number of aliphatic imine (C=N–C) groups is 1. The van der Waals surface area contributed by atoms with Crippen LogP contribution in [0.5, 0.6) is 0 Å². The molecule has 1 amide bonds. The molecule has 0 spiro atoms. The van der Waals surface area contributed by atoms with Crippen molar-refractivity contribution in [1.82, 2.24) is 15.1 Å². The third kappa shape index (κ3) is 4.18. The minimum absolute atomic E-state index is 0.226. The van der Waals surface area contributed by atoms with Gasteiger partial charge in [0.25, 0.3) is 0 Å². The molecule has 0 aliphatic carbocycles. The highest BCUT2D eigenvalue weighted by Crippen LogP contribution is 2.20. The molecular weight excluding hydrogens is 316 g/mol. The molecule has 2 heterocycles. The summed E-state index contributed by atoms with van der Waals surface area (Å²) in [6, 6.07) is 7.84. The lowest BCUT2D eigenvalue weighted by molar-refractivity contribution is -0.132. The van der Waals surface area contributed by atoms with E-state index in [0.717, 1.165) is 43.7 Å². The van der Waals surface area contributed by atoms with Gasteiger partial charge in [0, 0.05) is 44.4 Å². The molecule has 0 bridgehead atoms. The Labute approximate surface area is 148 Å². The lowest BCUT2D eigenvalue weighted by Gasteiger charge is -2.32. The second-order valence-corrected chi connectivity index (χ2v) is 6.66. The Morgan fingerprint density at radius 1 is 1.24 bits per heavy atom. The molecule has 1 atom stereocenters. The minimum Gasteiger partial charge on any atom is -0.384 e. The molecule has 1 unspecified atom stereocenters. The van der Waals surface area contributed by atoms with Gasteiger partial charge in [0.1, 0.15) is 5.84 Å². The highest BCUT2D eigenvalue weighted by Gasteiger charge is 2.27. The van der Waals surface area contributed by atoms with Crippen LogP contribution in [-0.4, -0.2) is 54.8 Å². The van der Waals surface area contributed by atoms with Crippen LogP contribution >= 0.6 is 0 Å². The first-order valence-corrected chi connectivity index (χ1v) is 8.60. The number of rotatable bonds is 4. The van der Waals surface area contributed by atoms with Crippen LogP contribution in [0.4, 0.5) is 0 Å². The van der Waals surface area contributed by atoms with E-state index >= 15 is 0 Å². The summed E-state index contributed by atoms with van der Waals surface area (Å²) >= 11 is 0. The lowest BCUT2D eigenvalue weighted by atomic mass is 10.0. The Morgan fingerprint density at radius 3 is 2.56 bits per heavy atom. The van der Waals surface area contributed by atoms with E-state index in [4.69, 9.17) is 11.5 Å². The molecule has 2 aliphatic heterocycles. The fourth-order valence-corrected chi connectivity index (χ4v) is 3.07. The third-order valence-electron chi connectivity index (χ3n) is 4.74. The number of hydrogen-bond donors (Lipinski definition) is 3. The number of hydrogen-bond acceptors (Lipinski definition) is 6. The largest absolute Gasteiger partial charge is 0.384 e. The van der Waals surface area contributed by atoms with Crippen molar-refractivity contribution in [3.8, 4) is 0 Å². The van der Waals surface area contributed by atoms with Gasteiger partial charge < -0.3 is 20.9 Å². The van der Waals surface area contributed by atoms with E-state index in [1.807, 2.05) is 29.2 Å². The van der Waals surface area contributed by atoms with Crippen molar-refractivity contribution in [2.75, 3.05) is 33.2 Å². The number of nitrogens with zero attached hydrogens (tertiary/aromatic N) is 3. The van der Waals surface area contributed by atoms with Gasteiger partial charge in [-0.25, -0.2) is 4.99 Å². The highest BCUT2D eigenvalue weighted by molar-refractivity contribution is 5.92. The Kier molecular flexibility index (Phi) is 5.06. The Hall–Kier alpha value is -2.38. The second kappa shape index (κ2) is 7.25. The van der Waals surface area contributed by atoms with E-state index in [2.05, 4.69) is 22.3 Å². The predicted octanol–water partition coefficient (Wildman–Crippen LogP) is -0.0637. The van der Waals surface area contributed by atoms with E-state index in [-0.39, 0.29) is 5.91 Å². The number of nitrogens with one attached hydrogen (secondary N) is 1. The highest BCUT2D eigenvalue weighted by atomic mass is 16.2. The summed E-state index contributed by atoms with van der Waals surface area (Å²) in [5, 5.41) is 3.02. The number of amidine groups is 1. The van der Waals surface area contributed by atoms with Crippen LogP contribution in [-0.2, 0) is 17.0 Å². The number of nitrogens with two attached hydrogens (primary N) is 2. The zero-order valence-electron chi connectivity index (χ0n) is 14.6. The van der Waals surface area contributed by atoms with Crippen molar-refractivity contribution in [1.29, 1.82) is 0 Å². The van der Waals surface area contributed by atoms with Gasteiger partial charge in [-0.2, -0.15) is 0 Å². The van der Waals surface area contributed by atoms with Gasteiger partial charge in [-0.1, -0.05) is 24.3 Å². The van der Waals surface area contributed by atoms with Crippen LogP contribution in [0.2, 0.25) is 0 Å². The number of carbonyl (C=O) groups is 1. The molecule has 3 rings (SSSR count). The number of carbonyl (C=O) groups excluding carboxylic acids is 1. The fraction of sp³-hybridized carbons (Fsp3) is 0.444. The van der Waals surface area contributed by atoms with Crippen LogP contribution in [0.3, 0.4) is 0 Å². The summed E-state index contributed by atoms with van der Waals surface area (Å²) in [6.45, 7) is 3.54. The molecule has 0 aromatic heterocycles. The summed E-state index contributed by atoms with van der Waals surface area (Å²) in [6.07, 6.45) is 4.62. The Morgan fingerprint density at radius 2 is 1.92 bits per heavy atom. The standard InChI is InChI=1S/C18H26N6O/c1-23-10-12-24(13-11-23)17(25)7-4-14-2-5-15(6-3-14)18(20)21-9-8-16(19)22-18/h2-3,5-6,8-9,21H,4,7,10-13,20H2,1H3,(H2,19,22). The molecule has 1 fully saturated rings. The smallest absolute Gasteiger partial charge is 0.222 e. The van der Waals surface area contributed by atoms with E-state index in [9.17, 15) is 4.79 Å². The first kappa shape index (κ1) is 17.4. The van der Waals surface area contributed by atoms with Gasteiger partial charge in [0.05, 0.1) is 0 Å². The number of amides is 1. The maximum Gasteiger partial charge on any atom is 0.222 e. The lowest BCUT2D eigenvalue weighted by Crippen LogP contribution is -2.49. The molecule has 134 valence electrons. The first-order chi connectivity index (χ1) is 12.0. The third-order valence-corrected chi connectivity index (χ3v) is 4.74. The van der Waals surface area contributed by atoms with E-state index in [1.54, 1.807) is 12.3 Å². The summed E-state index contributed by atoms with van der Waals surface area (Å²) in [4.78, 5) is 20.8. The quantitative estimate of drug-likeness (QED) is 0.712. The van der Waals surface area contributed by atoms with Gasteiger partial charge in [0.2, 0.25) is 11.7 Å². The van der Waals surface area contributed by atoms with Crippen LogP contribution in [0.1, 0.15) is 17.5 Å². The van der Waals surface area contributed by atoms with Gasteiger partial charge in [-0.3, -0.25) is 10.5 Å². The molecule has 2 aliphatic rings. The van der Waals surface area contributed by atoms with Gasteiger partial charge in [-0.05, 0) is 25.1 Å². The SMILES string of the molecule is CN1CCN(C(=O)CCc2ccc(C3(N)N=C(N)C=CN3)cc2)CC1. The molecular formula is C18H26N6O. The van der Waals surface area contributed by atoms with Crippen molar-refractivity contribution in [2.45, 2.75) is 18.6 Å². The number of aryl methyl sites for hydroxylation is 1. The maximum atomic E-state index is 12.3. The molecule has 7 heteroatoms. The number of likely N-dealkylation sites (N-methyl/N-ethyl adjacent to an activating group) is 1. The second-order valence-electron chi connectivity index (χ2n) is 6.66. The molecule has 1 aromatic carbocycles. The Bertz CT molecular complexity index is 675. The minimum atomic E-state index is -1.03. The summed E-state index contributed by atoms with van der Waals surface area (Å²) in [5.41, 5.74) is 13.9. The van der Waals surface area contributed by atoms with Crippen molar-refractivity contribution in [3.05, 3.63) is 47.7 Å². The summed E-state index contributed by atoms with van der Waals surface area (Å²) < 4.78 is 0. The number of piperazine rings is 1. The molecule has 0 saturated carbocycles. The van der Waals surface area contributed by atoms with E-state index < -0.39 is 5.79 Å². The van der Waals surface area contributed by atoms with Crippen molar-refractivity contribution >= 4 is 11.7 Å². The number of benzene rings is 1. The summed E-state index contributed by atoms with van der Waals surface area (Å²) in [5.74, 6) is -0.417. The fourth-order valence-electron chi connectivity index (χ4n) is 3.07. The van der Waals surface area contributed by atoms with Crippen LogP contribution in [0, 0.1) is 0 Å². The zero-order valence-corrected chi connectivity index (χ0v) is 14.6. The van der Waals surface area contributed by atoms with Gasteiger partial charge in [0.15, 0.2) is 0 Å². The molecule has 0 radical (unpaired) electrons. The molecule has 25 heavy (non-hydrogen) atoms. The zero-order chi connectivity index (χ0) is 17.9. The van der Waals surface area contributed by atoms with Crippen molar-refractivity contribution in [2.24, 2.45) is 16.5 Å². The molecule has 5 N–H and O–H groups in total. The average molecular weight is 342 g/mol. The molecule has 1 aromatic rings. The monoisotopic (exact) mass is 342 g/mol. The van der Waals surface area contributed by atoms with Crippen molar-refractivity contribution < 1.29 is 4.79 Å². The van der Waals surface area contributed by atoms with E-state index in [1.165, 1.54) is 0 Å². The van der Waals surface area contributed by atoms with Gasteiger partial charge >= 0.3 is 0 Å². The van der Waals surface area contributed by atoms with Crippen LogP contribution < -0.4 is 16.8 Å². The summed E-state index contributed by atoms with van der Waals surface area (Å²) in [7, 11) is 2.09. The Balaban J connectivity index is 1.56. The molecule has 7 nitrogen and oxygen atoms in total. The topological polar surface area (TPSA) is 100.0 Å². The van der Waals surface area contributed by atoms with E-state index in [0.29, 0.717) is 12.3 Å².